The molecule has 1 saturated heterocycles. The number of rotatable bonds is 4. The van der Waals surface area contributed by atoms with Gasteiger partial charge < -0.3 is 14.7 Å². The first kappa shape index (κ1) is 12.4. The molecule has 1 aliphatic heterocycles. The summed E-state index contributed by atoms with van der Waals surface area (Å²) in [6, 6.07) is 0. The SMILES string of the molecule is CCO[C@@H]1CCCN(C(=O)C2(C(=O)O)CC2)C1. The third-order valence-corrected chi connectivity index (χ3v) is 3.64. The lowest BCUT2D eigenvalue weighted by molar-refractivity contribution is -0.155. The average Bonchev–Trinajstić information content (AvgIpc) is 3.10. The van der Waals surface area contributed by atoms with Gasteiger partial charge in [-0.1, -0.05) is 0 Å². The molecule has 2 aliphatic rings. The number of aliphatic carboxylic acids is 1. The Kier molecular flexibility index (Phi) is 3.38. The minimum Gasteiger partial charge on any atom is -0.480 e. The molecule has 1 amide bonds. The molecule has 0 radical (unpaired) electrons. The monoisotopic (exact) mass is 241 g/mol. The molecule has 96 valence electrons. The second kappa shape index (κ2) is 4.64. The highest BCUT2D eigenvalue weighted by atomic mass is 16.5. The Morgan fingerprint density at radius 1 is 1.47 bits per heavy atom. The summed E-state index contributed by atoms with van der Waals surface area (Å²) < 4.78 is 5.52. The highest BCUT2D eigenvalue weighted by Crippen LogP contribution is 2.47. The van der Waals surface area contributed by atoms with Crippen molar-refractivity contribution in [2.45, 2.75) is 38.7 Å². The van der Waals surface area contributed by atoms with Crippen molar-refractivity contribution >= 4 is 11.9 Å². The van der Waals surface area contributed by atoms with Gasteiger partial charge in [0.1, 0.15) is 5.41 Å². The van der Waals surface area contributed by atoms with Gasteiger partial charge in [-0.3, -0.25) is 9.59 Å². The second-order valence-corrected chi connectivity index (χ2v) is 4.86. The molecule has 5 nitrogen and oxygen atoms in total. The van der Waals surface area contributed by atoms with Crippen molar-refractivity contribution in [1.29, 1.82) is 0 Å². The van der Waals surface area contributed by atoms with E-state index >= 15 is 0 Å². The molecule has 0 aromatic heterocycles. The Bertz CT molecular complexity index is 322. The van der Waals surface area contributed by atoms with Crippen molar-refractivity contribution < 1.29 is 19.4 Å². The zero-order valence-corrected chi connectivity index (χ0v) is 10.1. The van der Waals surface area contributed by atoms with Crippen LogP contribution in [0.25, 0.3) is 0 Å². The molecule has 0 unspecified atom stereocenters. The maximum atomic E-state index is 12.2. The second-order valence-electron chi connectivity index (χ2n) is 4.86. The van der Waals surface area contributed by atoms with Crippen LogP contribution in [-0.2, 0) is 14.3 Å². The maximum Gasteiger partial charge on any atom is 0.319 e. The van der Waals surface area contributed by atoms with Gasteiger partial charge in [0.05, 0.1) is 6.10 Å². The van der Waals surface area contributed by atoms with Gasteiger partial charge in [0.2, 0.25) is 5.91 Å². The molecule has 2 rings (SSSR count). The summed E-state index contributed by atoms with van der Waals surface area (Å²) in [6.45, 7) is 3.77. The predicted molar refractivity (Wildman–Crippen MR) is 60.5 cm³/mol. The van der Waals surface area contributed by atoms with Gasteiger partial charge in [0.25, 0.3) is 0 Å². The van der Waals surface area contributed by atoms with Crippen LogP contribution in [0.2, 0.25) is 0 Å². The van der Waals surface area contributed by atoms with Crippen LogP contribution < -0.4 is 0 Å². The first-order valence-corrected chi connectivity index (χ1v) is 6.24. The quantitative estimate of drug-likeness (QED) is 0.742. The van der Waals surface area contributed by atoms with Crippen molar-refractivity contribution in [3.8, 4) is 0 Å². The molecular formula is C12H19NO4. The van der Waals surface area contributed by atoms with Crippen molar-refractivity contribution in [3.63, 3.8) is 0 Å². The van der Waals surface area contributed by atoms with Crippen LogP contribution in [0.15, 0.2) is 0 Å². The lowest BCUT2D eigenvalue weighted by Crippen LogP contribution is -2.48. The Morgan fingerprint density at radius 2 is 2.18 bits per heavy atom. The topological polar surface area (TPSA) is 66.8 Å². The van der Waals surface area contributed by atoms with E-state index in [1.165, 1.54) is 0 Å². The molecule has 0 aromatic rings. The fraction of sp³-hybridized carbons (Fsp3) is 0.833. The van der Waals surface area contributed by atoms with E-state index in [-0.39, 0.29) is 12.0 Å². The van der Waals surface area contributed by atoms with Crippen LogP contribution in [0.5, 0.6) is 0 Å². The van der Waals surface area contributed by atoms with Gasteiger partial charge in [0.15, 0.2) is 0 Å². The Balaban J connectivity index is 1.98. The summed E-state index contributed by atoms with van der Waals surface area (Å²) in [6.07, 6.45) is 2.89. The molecule has 0 bridgehead atoms. The normalized spacial score (nSPS) is 26.6. The zero-order chi connectivity index (χ0) is 12.5. The smallest absolute Gasteiger partial charge is 0.319 e. The van der Waals surface area contributed by atoms with Crippen molar-refractivity contribution in [3.05, 3.63) is 0 Å². The Morgan fingerprint density at radius 3 is 2.71 bits per heavy atom. The van der Waals surface area contributed by atoms with Gasteiger partial charge in [-0.25, -0.2) is 0 Å². The molecule has 1 aliphatic carbocycles. The summed E-state index contributed by atoms with van der Waals surface area (Å²) in [7, 11) is 0. The third-order valence-electron chi connectivity index (χ3n) is 3.64. The van der Waals surface area contributed by atoms with Gasteiger partial charge in [-0.2, -0.15) is 0 Å². The standard InChI is InChI=1S/C12H19NO4/c1-2-17-9-4-3-7-13(8-9)10(14)12(5-6-12)11(15)16/h9H,2-8H2,1H3,(H,15,16)/t9-/m1/s1. The third kappa shape index (κ3) is 2.29. The van der Waals surface area contributed by atoms with Gasteiger partial charge >= 0.3 is 5.97 Å². The minimum absolute atomic E-state index is 0.0716. The van der Waals surface area contributed by atoms with E-state index in [1.807, 2.05) is 6.92 Å². The maximum absolute atomic E-state index is 12.2. The Hall–Kier alpha value is -1.10. The molecule has 1 saturated carbocycles. The van der Waals surface area contributed by atoms with Crippen LogP contribution in [0, 0.1) is 5.41 Å². The molecule has 17 heavy (non-hydrogen) atoms. The number of carbonyl (C=O) groups excluding carboxylic acids is 1. The van der Waals surface area contributed by atoms with E-state index in [0.29, 0.717) is 32.5 Å². The summed E-state index contributed by atoms with van der Waals surface area (Å²) in [4.78, 5) is 24.9. The van der Waals surface area contributed by atoms with Gasteiger partial charge in [0, 0.05) is 19.7 Å². The van der Waals surface area contributed by atoms with E-state index < -0.39 is 11.4 Å². The summed E-state index contributed by atoms with van der Waals surface area (Å²) in [5.74, 6) is -1.18. The van der Waals surface area contributed by atoms with Crippen LogP contribution in [0.3, 0.4) is 0 Å². The number of likely N-dealkylation sites (tertiary alicyclic amines) is 1. The summed E-state index contributed by atoms with van der Waals surface area (Å²) in [5.41, 5.74) is -1.10. The molecule has 1 N–H and O–H groups in total. The molecule has 0 aromatic carbocycles. The number of hydrogen-bond acceptors (Lipinski definition) is 3. The molecule has 1 heterocycles. The number of hydrogen-bond donors (Lipinski definition) is 1. The van der Waals surface area contributed by atoms with E-state index in [9.17, 15) is 9.59 Å². The van der Waals surface area contributed by atoms with Crippen LogP contribution in [0.4, 0.5) is 0 Å². The lowest BCUT2D eigenvalue weighted by atomic mass is 10.0. The highest BCUT2D eigenvalue weighted by molar-refractivity contribution is 6.04. The number of amides is 1. The van der Waals surface area contributed by atoms with E-state index in [2.05, 4.69) is 0 Å². The number of ether oxygens (including phenoxy) is 1. The molecule has 0 spiro atoms. The van der Waals surface area contributed by atoms with Crippen molar-refractivity contribution in [1.82, 2.24) is 4.90 Å². The van der Waals surface area contributed by atoms with Gasteiger partial charge in [-0.05, 0) is 32.6 Å². The van der Waals surface area contributed by atoms with Gasteiger partial charge in [-0.15, -0.1) is 0 Å². The number of carboxylic acids is 1. The molecule has 2 fully saturated rings. The lowest BCUT2D eigenvalue weighted by Gasteiger charge is -2.34. The first-order valence-electron chi connectivity index (χ1n) is 6.24. The van der Waals surface area contributed by atoms with Crippen LogP contribution in [0.1, 0.15) is 32.6 Å². The number of carbonyl (C=O) groups is 2. The number of nitrogens with zero attached hydrogens (tertiary/aromatic N) is 1. The zero-order valence-electron chi connectivity index (χ0n) is 10.1. The van der Waals surface area contributed by atoms with E-state index in [0.717, 1.165) is 12.8 Å². The highest BCUT2D eigenvalue weighted by Gasteiger charge is 2.58. The van der Waals surface area contributed by atoms with Crippen LogP contribution >= 0.6 is 0 Å². The molecule has 5 heteroatoms. The summed E-state index contributed by atoms with van der Waals surface area (Å²) in [5, 5.41) is 9.10. The van der Waals surface area contributed by atoms with Crippen molar-refractivity contribution in [2.24, 2.45) is 5.41 Å². The summed E-state index contributed by atoms with van der Waals surface area (Å²) >= 11 is 0. The first-order chi connectivity index (χ1) is 8.10. The largest absolute Gasteiger partial charge is 0.480 e. The molecule has 1 atom stereocenters. The van der Waals surface area contributed by atoms with Crippen LogP contribution in [-0.4, -0.2) is 47.7 Å². The van der Waals surface area contributed by atoms with E-state index in [1.54, 1.807) is 4.90 Å². The fourth-order valence-electron chi connectivity index (χ4n) is 2.44. The predicted octanol–water partition coefficient (Wildman–Crippen LogP) is 0.879. The number of carboxylic acid groups (broad SMARTS) is 1. The number of piperidine rings is 1. The minimum atomic E-state index is -1.10. The fourth-order valence-corrected chi connectivity index (χ4v) is 2.44. The van der Waals surface area contributed by atoms with Crippen molar-refractivity contribution in [2.75, 3.05) is 19.7 Å². The average molecular weight is 241 g/mol. The molecular weight excluding hydrogens is 222 g/mol. The van der Waals surface area contributed by atoms with E-state index in [4.69, 9.17) is 9.84 Å². The Labute approximate surface area is 101 Å².